The fraction of sp³-hybridized carbons (Fsp3) is 0.217. The number of benzene rings is 2. The number of nitrogens with zero attached hydrogens (tertiary/aromatic N) is 2. The number of para-hydroxylation sites is 1. The second kappa shape index (κ2) is 7.84. The Morgan fingerprint density at radius 3 is 2.84 bits per heavy atom. The van der Waals surface area contributed by atoms with Crippen LogP contribution in [0.25, 0.3) is 11.3 Å². The lowest BCUT2D eigenvalue weighted by Crippen LogP contribution is -2.40. The van der Waals surface area contributed by atoms with Crippen LogP contribution in [0.5, 0.6) is 5.75 Å². The number of carbonyl (C=O) groups excluding carboxylic acids is 3. The van der Waals surface area contributed by atoms with Gasteiger partial charge in [-0.25, -0.2) is 0 Å². The van der Waals surface area contributed by atoms with Gasteiger partial charge in [0.15, 0.2) is 0 Å². The predicted octanol–water partition coefficient (Wildman–Crippen LogP) is 2.89. The average Bonchev–Trinajstić information content (AvgIpc) is 3.48. The lowest BCUT2D eigenvalue weighted by atomic mass is 10.1. The molecule has 3 aromatic rings. The lowest BCUT2D eigenvalue weighted by molar-refractivity contribution is -0.119. The van der Waals surface area contributed by atoms with Gasteiger partial charge in [0.2, 0.25) is 5.91 Å². The maximum absolute atomic E-state index is 13.0. The number of H-pyrrole nitrogens is 1. The molecule has 2 aliphatic heterocycles. The second-order valence-electron chi connectivity index (χ2n) is 7.73. The van der Waals surface area contributed by atoms with Crippen molar-refractivity contribution < 1.29 is 19.1 Å². The Hall–Kier alpha value is -4.14. The normalized spacial score (nSPS) is 17.3. The van der Waals surface area contributed by atoms with Crippen molar-refractivity contribution in [1.29, 1.82) is 0 Å². The summed E-state index contributed by atoms with van der Waals surface area (Å²) in [6.07, 6.45) is 1.45. The number of rotatable bonds is 4. The SMILES string of the molecule is COc1ccccc1-c1cc(C(=O)Nc2ccc3c(c2)C(=O)N2CCCC2C(=O)N3)[nH]n1. The molecule has 3 amide bonds. The maximum Gasteiger partial charge on any atom is 0.273 e. The van der Waals surface area contributed by atoms with Gasteiger partial charge in [-0.1, -0.05) is 12.1 Å². The molecular weight excluding hydrogens is 410 g/mol. The molecule has 1 unspecified atom stereocenters. The first kappa shape index (κ1) is 19.8. The number of ether oxygens (including phenoxy) is 1. The number of amides is 3. The number of hydrogen-bond acceptors (Lipinski definition) is 5. The zero-order valence-corrected chi connectivity index (χ0v) is 17.3. The van der Waals surface area contributed by atoms with E-state index in [2.05, 4.69) is 20.8 Å². The van der Waals surface area contributed by atoms with E-state index >= 15 is 0 Å². The minimum absolute atomic E-state index is 0.173. The molecule has 9 heteroatoms. The van der Waals surface area contributed by atoms with E-state index in [9.17, 15) is 14.4 Å². The zero-order valence-electron chi connectivity index (χ0n) is 17.3. The molecule has 0 saturated carbocycles. The van der Waals surface area contributed by atoms with E-state index in [1.54, 1.807) is 36.3 Å². The summed E-state index contributed by atoms with van der Waals surface area (Å²) < 4.78 is 5.36. The van der Waals surface area contributed by atoms with Gasteiger partial charge in [-0.2, -0.15) is 5.10 Å². The summed E-state index contributed by atoms with van der Waals surface area (Å²) in [5, 5.41) is 12.6. The van der Waals surface area contributed by atoms with Crippen LogP contribution in [0.3, 0.4) is 0 Å². The third kappa shape index (κ3) is 3.37. The molecule has 0 spiro atoms. The molecular formula is C23H21N5O4. The lowest BCUT2D eigenvalue weighted by Gasteiger charge is -2.20. The van der Waals surface area contributed by atoms with Crippen LogP contribution in [0, 0.1) is 0 Å². The van der Waals surface area contributed by atoms with Crippen LogP contribution in [0.15, 0.2) is 48.5 Å². The monoisotopic (exact) mass is 431 g/mol. The Balaban J connectivity index is 1.38. The minimum atomic E-state index is -0.439. The first-order valence-electron chi connectivity index (χ1n) is 10.3. The van der Waals surface area contributed by atoms with Crippen LogP contribution in [-0.2, 0) is 4.79 Å². The summed E-state index contributed by atoms with van der Waals surface area (Å²) in [6.45, 7) is 0.548. The molecule has 2 aliphatic rings. The number of fused-ring (bicyclic) bond motifs is 2. The van der Waals surface area contributed by atoms with Crippen molar-refractivity contribution in [2.24, 2.45) is 0 Å². The molecule has 2 aromatic carbocycles. The molecule has 5 rings (SSSR count). The Labute approximate surface area is 183 Å². The average molecular weight is 431 g/mol. The number of carbonyl (C=O) groups is 3. The van der Waals surface area contributed by atoms with Gasteiger partial charge in [0, 0.05) is 17.8 Å². The summed E-state index contributed by atoms with van der Waals surface area (Å²) in [5.74, 6) is -0.134. The number of aromatic nitrogens is 2. The number of aromatic amines is 1. The van der Waals surface area contributed by atoms with Crippen LogP contribution in [-0.4, -0.2) is 52.5 Å². The number of methoxy groups -OCH3 is 1. The van der Waals surface area contributed by atoms with E-state index in [0.29, 0.717) is 41.3 Å². The van der Waals surface area contributed by atoms with Crippen LogP contribution in [0.4, 0.5) is 11.4 Å². The molecule has 1 saturated heterocycles. The Morgan fingerprint density at radius 1 is 1.16 bits per heavy atom. The third-order valence-electron chi connectivity index (χ3n) is 5.79. The van der Waals surface area contributed by atoms with E-state index in [4.69, 9.17) is 4.74 Å². The van der Waals surface area contributed by atoms with Gasteiger partial charge in [0.25, 0.3) is 11.8 Å². The second-order valence-corrected chi connectivity index (χ2v) is 7.73. The third-order valence-corrected chi connectivity index (χ3v) is 5.79. The van der Waals surface area contributed by atoms with Gasteiger partial charge in [0.1, 0.15) is 17.5 Å². The van der Waals surface area contributed by atoms with Gasteiger partial charge >= 0.3 is 0 Å². The smallest absolute Gasteiger partial charge is 0.273 e. The summed E-state index contributed by atoms with van der Waals surface area (Å²) >= 11 is 0. The summed E-state index contributed by atoms with van der Waals surface area (Å²) in [6, 6.07) is 13.5. The number of hydrogen-bond donors (Lipinski definition) is 3. The first-order valence-corrected chi connectivity index (χ1v) is 10.3. The van der Waals surface area contributed by atoms with Crippen molar-refractivity contribution in [2.45, 2.75) is 18.9 Å². The fourth-order valence-electron chi connectivity index (χ4n) is 4.19. The molecule has 9 nitrogen and oxygen atoms in total. The maximum atomic E-state index is 13.0. The van der Waals surface area contributed by atoms with E-state index < -0.39 is 11.9 Å². The molecule has 0 bridgehead atoms. The Morgan fingerprint density at radius 2 is 2.00 bits per heavy atom. The molecule has 3 heterocycles. The molecule has 1 atom stereocenters. The zero-order chi connectivity index (χ0) is 22.2. The highest BCUT2D eigenvalue weighted by atomic mass is 16.5. The van der Waals surface area contributed by atoms with Gasteiger partial charge in [-0.3, -0.25) is 19.5 Å². The molecule has 32 heavy (non-hydrogen) atoms. The van der Waals surface area contributed by atoms with Crippen LogP contribution >= 0.6 is 0 Å². The van der Waals surface area contributed by atoms with Crippen LogP contribution in [0.1, 0.15) is 33.7 Å². The Kier molecular flexibility index (Phi) is 4.85. The predicted molar refractivity (Wildman–Crippen MR) is 118 cm³/mol. The van der Waals surface area contributed by atoms with Gasteiger partial charge in [-0.05, 0) is 49.2 Å². The molecule has 0 aliphatic carbocycles. The fourth-order valence-corrected chi connectivity index (χ4v) is 4.19. The highest BCUT2D eigenvalue weighted by Crippen LogP contribution is 2.31. The van der Waals surface area contributed by atoms with Gasteiger partial charge < -0.3 is 20.3 Å². The van der Waals surface area contributed by atoms with Crippen molar-refractivity contribution in [2.75, 3.05) is 24.3 Å². The highest BCUT2D eigenvalue weighted by molar-refractivity contribution is 6.11. The van der Waals surface area contributed by atoms with Crippen molar-refractivity contribution in [3.63, 3.8) is 0 Å². The van der Waals surface area contributed by atoms with Crippen molar-refractivity contribution >= 4 is 29.1 Å². The molecule has 3 N–H and O–H groups in total. The Bertz CT molecular complexity index is 1230. The van der Waals surface area contributed by atoms with E-state index in [1.807, 2.05) is 24.3 Å². The first-order chi connectivity index (χ1) is 15.5. The molecule has 1 fully saturated rings. The molecule has 0 radical (unpaired) electrons. The van der Waals surface area contributed by atoms with E-state index in [-0.39, 0.29) is 17.5 Å². The van der Waals surface area contributed by atoms with Crippen LogP contribution in [0.2, 0.25) is 0 Å². The van der Waals surface area contributed by atoms with Gasteiger partial charge in [-0.15, -0.1) is 0 Å². The summed E-state index contributed by atoms with van der Waals surface area (Å²) in [4.78, 5) is 39.8. The molecule has 162 valence electrons. The summed E-state index contributed by atoms with van der Waals surface area (Å²) in [5.41, 5.74) is 2.86. The van der Waals surface area contributed by atoms with Gasteiger partial charge in [0.05, 0.1) is 24.1 Å². The van der Waals surface area contributed by atoms with Crippen molar-refractivity contribution in [1.82, 2.24) is 15.1 Å². The molecule has 1 aromatic heterocycles. The highest BCUT2D eigenvalue weighted by Gasteiger charge is 2.38. The summed E-state index contributed by atoms with van der Waals surface area (Å²) in [7, 11) is 1.57. The number of anilines is 2. The van der Waals surface area contributed by atoms with Crippen molar-refractivity contribution in [3.8, 4) is 17.0 Å². The number of nitrogens with one attached hydrogen (secondary N) is 3. The van der Waals surface area contributed by atoms with Crippen molar-refractivity contribution in [3.05, 3.63) is 59.8 Å². The quantitative estimate of drug-likeness (QED) is 0.587. The van der Waals surface area contributed by atoms with E-state index in [1.165, 1.54) is 0 Å². The topological polar surface area (TPSA) is 116 Å². The standard InChI is InChI=1S/C23H21N5O4/c1-32-20-7-3-2-5-14(20)17-12-18(27-26-17)21(29)24-13-8-9-16-15(11-13)23(31)28-10-4-6-19(28)22(30)25-16/h2-3,5,7-9,11-12,19H,4,6,10H2,1H3,(H,24,29)(H,25,30)(H,26,27). The largest absolute Gasteiger partial charge is 0.496 e. The van der Waals surface area contributed by atoms with E-state index in [0.717, 1.165) is 12.0 Å². The van der Waals surface area contributed by atoms with Crippen LogP contribution < -0.4 is 15.4 Å². The minimum Gasteiger partial charge on any atom is -0.496 e.